The summed E-state index contributed by atoms with van der Waals surface area (Å²) in [5, 5.41) is 12.8. The van der Waals surface area contributed by atoms with Crippen molar-refractivity contribution in [3.05, 3.63) is 37.0 Å². The second-order valence-electron chi connectivity index (χ2n) is 2.04. The van der Waals surface area contributed by atoms with Crippen LogP contribution in [0.1, 0.15) is 0 Å². The van der Waals surface area contributed by atoms with Crippen LogP contribution in [0.15, 0.2) is 37.0 Å². The lowest BCUT2D eigenvalue weighted by atomic mass is 10.4. The largest absolute Gasteiger partial charge is 0.545 e. The molecule has 0 radical (unpaired) electrons. The Morgan fingerprint density at radius 2 is 2.08 bits per heavy atom. The third-order valence-electron chi connectivity index (χ3n) is 1.05. The minimum atomic E-state index is -1.17. The molecule has 0 heterocycles. The molecule has 0 aromatic heterocycles. The van der Waals surface area contributed by atoms with E-state index in [1.54, 1.807) is 6.08 Å². The first kappa shape index (κ1) is 10.7. The number of carboxylic acids is 1. The molecular weight excluding hydrogens is 154 g/mol. The molecule has 1 N–H and O–H groups in total. The molecule has 0 spiro atoms. The summed E-state index contributed by atoms with van der Waals surface area (Å²) in [6.07, 6.45) is 7.88. The van der Waals surface area contributed by atoms with Gasteiger partial charge in [-0.05, 0) is 6.08 Å². The van der Waals surface area contributed by atoms with Crippen LogP contribution in [0, 0.1) is 0 Å². The average molecular weight is 166 g/mol. The monoisotopic (exact) mass is 166 g/mol. The van der Waals surface area contributed by atoms with Crippen molar-refractivity contribution in [2.45, 2.75) is 0 Å². The van der Waals surface area contributed by atoms with E-state index >= 15 is 0 Å². The highest BCUT2D eigenvalue weighted by molar-refractivity contribution is 5.77. The van der Waals surface area contributed by atoms with Crippen molar-refractivity contribution in [3.8, 4) is 0 Å². The summed E-state index contributed by atoms with van der Waals surface area (Å²) < 4.78 is 0. The van der Waals surface area contributed by atoms with E-state index in [1.165, 1.54) is 6.08 Å². The van der Waals surface area contributed by atoms with Crippen LogP contribution in [0.3, 0.4) is 0 Å². The van der Waals surface area contributed by atoms with Gasteiger partial charge in [0, 0.05) is 13.1 Å². The first-order chi connectivity index (χ1) is 5.77. The van der Waals surface area contributed by atoms with E-state index in [2.05, 4.69) is 11.9 Å². The molecule has 0 atom stereocenters. The fourth-order valence-electron chi connectivity index (χ4n) is 0.569. The molecule has 0 amide bonds. The van der Waals surface area contributed by atoms with Crippen LogP contribution in [0.25, 0.3) is 0 Å². The van der Waals surface area contributed by atoms with Crippen LogP contribution < -0.4 is 10.4 Å². The number of nitrogens with one attached hydrogen (secondary N) is 1. The van der Waals surface area contributed by atoms with E-state index < -0.39 is 5.97 Å². The molecule has 0 aliphatic heterocycles. The Balaban J connectivity index is 3.26. The van der Waals surface area contributed by atoms with E-state index in [0.717, 1.165) is 6.08 Å². The van der Waals surface area contributed by atoms with Crippen molar-refractivity contribution in [2.75, 3.05) is 13.1 Å². The van der Waals surface area contributed by atoms with Crippen molar-refractivity contribution >= 4 is 5.97 Å². The second kappa shape index (κ2) is 7.75. The summed E-state index contributed by atoms with van der Waals surface area (Å²) in [4.78, 5) is 9.88. The van der Waals surface area contributed by atoms with E-state index in [9.17, 15) is 9.90 Å². The molecule has 3 heteroatoms. The number of hydrogen-bond donors (Lipinski definition) is 1. The zero-order valence-corrected chi connectivity index (χ0v) is 6.82. The Kier molecular flexibility index (Phi) is 6.88. The number of aliphatic carboxylic acids is 1. The molecule has 0 aliphatic carbocycles. The zero-order chi connectivity index (χ0) is 9.23. The zero-order valence-electron chi connectivity index (χ0n) is 6.82. The van der Waals surface area contributed by atoms with Crippen molar-refractivity contribution < 1.29 is 9.90 Å². The normalized spacial score (nSPS) is 11.0. The Morgan fingerprint density at radius 1 is 1.42 bits per heavy atom. The van der Waals surface area contributed by atoms with E-state index in [0.29, 0.717) is 13.1 Å². The molecule has 0 saturated carbocycles. The summed E-state index contributed by atoms with van der Waals surface area (Å²) in [6, 6.07) is 0. The van der Waals surface area contributed by atoms with Crippen molar-refractivity contribution in [2.24, 2.45) is 0 Å². The van der Waals surface area contributed by atoms with Gasteiger partial charge in [0.15, 0.2) is 0 Å². The smallest absolute Gasteiger partial charge is 0.0640 e. The van der Waals surface area contributed by atoms with Gasteiger partial charge in [-0.3, -0.25) is 0 Å². The highest BCUT2D eigenvalue weighted by Crippen LogP contribution is 1.72. The summed E-state index contributed by atoms with van der Waals surface area (Å²) in [5.41, 5.74) is 0. The lowest BCUT2D eigenvalue weighted by Gasteiger charge is -1.94. The van der Waals surface area contributed by atoms with Gasteiger partial charge in [-0.15, -0.1) is 0 Å². The molecule has 0 saturated heterocycles. The van der Waals surface area contributed by atoms with E-state index in [-0.39, 0.29) is 0 Å². The SMILES string of the molecule is C=C/C=C/CNC/C=C/C(=O)[O-]. The molecular formula is C9H12NO2-. The fraction of sp³-hybridized carbons (Fsp3) is 0.222. The van der Waals surface area contributed by atoms with Crippen molar-refractivity contribution in [1.82, 2.24) is 5.32 Å². The van der Waals surface area contributed by atoms with Gasteiger partial charge in [-0.25, -0.2) is 0 Å². The number of carbonyl (C=O) groups excluding carboxylic acids is 1. The highest BCUT2D eigenvalue weighted by atomic mass is 16.4. The van der Waals surface area contributed by atoms with Gasteiger partial charge in [0.25, 0.3) is 0 Å². The topological polar surface area (TPSA) is 52.2 Å². The third kappa shape index (κ3) is 8.65. The molecule has 0 rings (SSSR count). The molecule has 12 heavy (non-hydrogen) atoms. The Hall–Kier alpha value is -1.35. The standard InChI is InChI=1S/C9H13NO2/c1-2-3-4-7-10-8-5-6-9(11)12/h2-6,10H,1,7-8H2,(H,11,12)/p-1/b4-3+,6-5+. The third-order valence-corrected chi connectivity index (χ3v) is 1.05. The Morgan fingerprint density at radius 3 is 2.67 bits per heavy atom. The van der Waals surface area contributed by atoms with Crippen molar-refractivity contribution in [3.63, 3.8) is 0 Å². The van der Waals surface area contributed by atoms with Gasteiger partial charge in [-0.2, -0.15) is 0 Å². The van der Waals surface area contributed by atoms with Crippen molar-refractivity contribution in [1.29, 1.82) is 0 Å². The maximum absolute atomic E-state index is 9.88. The first-order valence-electron chi connectivity index (χ1n) is 3.63. The number of allylic oxidation sites excluding steroid dienone is 2. The van der Waals surface area contributed by atoms with Crippen LogP contribution in [0.2, 0.25) is 0 Å². The summed E-state index contributed by atoms with van der Waals surface area (Å²) in [7, 11) is 0. The lowest BCUT2D eigenvalue weighted by molar-refractivity contribution is -0.297. The maximum atomic E-state index is 9.88. The minimum Gasteiger partial charge on any atom is -0.545 e. The highest BCUT2D eigenvalue weighted by Gasteiger charge is 1.76. The summed E-state index contributed by atoms with van der Waals surface area (Å²) >= 11 is 0. The minimum absolute atomic E-state index is 0.523. The number of rotatable bonds is 6. The lowest BCUT2D eigenvalue weighted by Crippen LogP contribution is -2.20. The molecule has 0 bridgehead atoms. The average Bonchev–Trinajstić information content (AvgIpc) is 2.02. The fourth-order valence-corrected chi connectivity index (χ4v) is 0.569. The molecule has 0 aromatic rings. The summed E-state index contributed by atoms with van der Waals surface area (Å²) in [5.74, 6) is -1.17. The van der Waals surface area contributed by atoms with E-state index in [4.69, 9.17) is 0 Å². The molecule has 3 nitrogen and oxygen atoms in total. The first-order valence-corrected chi connectivity index (χ1v) is 3.63. The van der Waals surface area contributed by atoms with Crippen LogP contribution in [-0.4, -0.2) is 19.1 Å². The Labute approximate surface area is 72.1 Å². The van der Waals surface area contributed by atoms with Gasteiger partial charge >= 0.3 is 0 Å². The van der Waals surface area contributed by atoms with Gasteiger partial charge in [0.1, 0.15) is 0 Å². The molecule has 0 unspecified atom stereocenters. The predicted octanol–water partition coefficient (Wildman–Crippen LogP) is -0.376. The number of hydrogen-bond acceptors (Lipinski definition) is 3. The number of carboxylic acid groups (broad SMARTS) is 1. The van der Waals surface area contributed by atoms with Crippen LogP contribution in [0.4, 0.5) is 0 Å². The van der Waals surface area contributed by atoms with Gasteiger partial charge in [-0.1, -0.05) is 30.9 Å². The Bertz CT molecular complexity index is 195. The van der Waals surface area contributed by atoms with E-state index in [1.807, 2.05) is 12.2 Å². The predicted molar refractivity (Wildman–Crippen MR) is 46.4 cm³/mol. The number of carbonyl (C=O) groups is 1. The van der Waals surface area contributed by atoms with Gasteiger partial charge < -0.3 is 15.2 Å². The second-order valence-corrected chi connectivity index (χ2v) is 2.04. The molecule has 0 fully saturated rings. The van der Waals surface area contributed by atoms with Crippen LogP contribution in [0.5, 0.6) is 0 Å². The molecule has 0 aromatic carbocycles. The van der Waals surface area contributed by atoms with Crippen LogP contribution in [-0.2, 0) is 4.79 Å². The van der Waals surface area contributed by atoms with Gasteiger partial charge in [0.2, 0.25) is 0 Å². The maximum Gasteiger partial charge on any atom is 0.0640 e. The van der Waals surface area contributed by atoms with Gasteiger partial charge in [0.05, 0.1) is 5.97 Å². The molecule has 66 valence electrons. The molecule has 0 aliphatic rings. The summed E-state index contributed by atoms with van der Waals surface area (Å²) in [6.45, 7) is 4.72. The van der Waals surface area contributed by atoms with Crippen LogP contribution >= 0.6 is 0 Å². The quantitative estimate of drug-likeness (QED) is 0.332.